The lowest BCUT2D eigenvalue weighted by molar-refractivity contribution is -0.114. The van der Waals surface area contributed by atoms with Gasteiger partial charge < -0.3 is 5.32 Å². The molecule has 6 nitrogen and oxygen atoms in total. The highest BCUT2D eigenvalue weighted by Crippen LogP contribution is 2.21. The largest absolute Gasteiger partial charge is 0.309 e. The second-order valence-corrected chi connectivity index (χ2v) is 7.23. The molecule has 0 aliphatic heterocycles. The van der Waals surface area contributed by atoms with Crippen molar-refractivity contribution in [1.29, 1.82) is 0 Å². The maximum Gasteiger partial charge on any atom is 0.246 e. The van der Waals surface area contributed by atoms with Crippen molar-refractivity contribution in [3.8, 4) is 0 Å². The van der Waals surface area contributed by atoms with E-state index in [1.54, 1.807) is 37.4 Å². The van der Waals surface area contributed by atoms with Gasteiger partial charge in [-0.3, -0.25) is 9.10 Å². The zero-order valence-corrected chi connectivity index (χ0v) is 14.1. The van der Waals surface area contributed by atoms with Gasteiger partial charge in [-0.2, -0.15) is 0 Å². The molecule has 7 heteroatoms. The number of carbonyl (C=O) groups is 1. The second-order valence-electron chi connectivity index (χ2n) is 5.32. The van der Waals surface area contributed by atoms with Gasteiger partial charge >= 0.3 is 0 Å². The smallest absolute Gasteiger partial charge is 0.246 e. The first-order chi connectivity index (χ1) is 10.8. The molecular weight excluding hydrogens is 314 g/mol. The molecule has 0 atom stereocenters. The van der Waals surface area contributed by atoms with Crippen LogP contribution in [0.2, 0.25) is 0 Å². The van der Waals surface area contributed by atoms with Crippen LogP contribution in [-0.4, -0.2) is 32.1 Å². The molecule has 0 fully saturated rings. The van der Waals surface area contributed by atoms with E-state index in [0.29, 0.717) is 11.5 Å². The first kappa shape index (κ1) is 17.0. The zero-order valence-electron chi connectivity index (χ0n) is 13.3. The lowest BCUT2D eigenvalue weighted by Gasteiger charge is -2.23. The lowest BCUT2D eigenvalue weighted by atomic mass is 10.2. The quantitative estimate of drug-likeness (QED) is 0.909. The highest BCUT2D eigenvalue weighted by molar-refractivity contribution is 7.92. The standard InChI is InChI=1S/C16H19N3O3S/c1-12-8-9-17-15(10-12)18-16(20)11-19(23(3,21)22)14-7-5-4-6-13(14)2/h4-10H,11H2,1-3H3,(H,17,18,20). The Bertz CT molecular complexity index is 819. The van der Waals surface area contributed by atoms with Gasteiger partial charge in [0.15, 0.2) is 0 Å². The normalized spacial score (nSPS) is 11.1. The van der Waals surface area contributed by atoms with E-state index in [9.17, 15) is 13.2 Å². The summed E-state index contributed by atoms with van der Waals surface area (Å²) in [6, 6.07) is 10.6. The molecule has 0 saturated heterocycles. The molecule has 2 rings (SSSR count). The number of carbonyl (C=O) groups excluding carboxylic acids is 1. The van der Waals surface area contributed by atoms with Gasteiger partial charge in [0.25, 0.3) is 0 Å². The van der Waals surface area contributed by atoms with Gasteiger partial charge in [-0.05, 0) is 43.2 Å². The van der Waals surface area contributed by atoms with E-state index in [0.717, 1.165) is 21.7 Å². The summed E-state index contributed by atoms with van der Waals surface area (Å²) in [5, 5.41) is 2.62. The minimum Gasteiger partial charge on any atom is -0.309 e. The van der Waals surface area contributed by atoms with Gasteiger partial charge in [0.2, 0.25) is 15.9 Å². The first-order valence-corrected chi connectivity index (χ1v) is 8.88. The second kappa shape index (κ2) is 6.78. The highest BCUT2D eigenvalue weighted by atomic mass is 32.2. The number of hydrogen-bond donors (Lipinski definition) is 1. The van der Waals surface area contributed by atoms with E-state index in [4.69, 9.17) is 0 Å². The van der Waals surface area contributed by atoms with Crippen molar-refractivity contribution >= 4 is 27.4 Å². The van der Waals surface area contributed by atoms with E-state index >= 15 is 0 Å². The third kappa shape index (κ3) is 4.53. The fraction of sp³-hybridized carbons (Fsp3) is 0.250. The number of aromatic nitrogens is 1. The van der Waals surface area contributed by atoms with Crippen LogP contribution in [-0.2, 0) is 14.8 Å². The molecule has 1 N–H and O–H groups in total. The molecule has 0 aliphatic carbocycles. The number of nitrogens with zero attached hydrogens (tertiary/aromatic N) is 2. The van der Waals surface area contributed by atoms with Crippen LogP contribution in [0.3, 0.4) is 0 Å². The van der Waals surface area contributed by atoms with Gasteiger partial charge in [0, 0.05) is 6.20 Å². The molecule has 122 valence electrons. The van der Waals surface area contributed by atoms with Crippen molar-refractivity contribution in [2.75, 3.05) is 22.4 Å². The molecule has 0 unspecified atom stereocenters. The average molecular weight is 333 g/mol. The molecule has 1 aromatic carbocycles. The third-order valence-electron chi connectivity index (χ3n) is 3.25. The fourth-order valence-electron chi connectivity index (χ4n) is 2.14. The van der Waals surface area contributed by atoms with Crippen molar-refractivity contribution in [3.05, 3.63) is 53.7 Å². The van der Waals surface area contributed by atoms with Crippen molar-refractivity contribution < 1.29 is 13.2 Å². The lowest BCUT2D eigenvalue weighted by Crippen LogP contribution is -2.38. The summed E-state index contributed by atoms with van der Waals surface area (Å²) in [5.74, 6) is -0.0509. The SMILES string of the molecule is Cc1ccnc(NC(=O)CN(c2ccccc2C)S(C)(=O)=O)c1. The Balaban J connectivity index is 2.22. The van der Waals surface area contributed by atoms with Crippen LogP contribution < -0.4 is 9.62 Å². The Morgan fingerprint density at radius 1 is 1.22 bits per heavy atom. The van der Waals surface area contributed by atoms with Crippen molar-refractivity contribution in [3.63, 3.8) is 0 Å². The van der Waals surface area contributed by atoms with Crippen LogP contribution in [0.5, 0.6) is 0 Å². The minimum atomic E-state index is -3.58. The number of hydrogen-bond acceptors (Lipinski definition) is 4. The summed E-state index contributed by atoms with van der Waals surface area (Å²) in [6.07, 6.45) is 2.66. The Morgan fingerprint density at radius 3 is 2.52 bits per heavy atom. The number of sulfonamides is 1. The van der Waals surface area contributed by atoms with E-state index in [1.165, 1.54) is 0 Å². The van der Waals surface area contributed by atoms with Gasteiger partial charge in [0.05, 0.1) is 11.9 Å². The molecule has 0 spiro atoms. The Morgan fingerprint density at radius 2 is 1.91 bits per heavy atom. The van der Waals surface area contributed by atoms with Crippen LogP contribution in [0.15, 0.2) is 42.6 Å². The summed E-state index contributed by atoms with van der Waals surface area (Å²) in [6.45, 7) is 3.38. The zero-order chi connectivity index (χ0) is 17.0. The molecule has 23 heavy (non-hydrogen) atoms. The molecule has 1 amide bonds. The third-order valence-corrected chi connectivity index (χ3v) is 4.38. The van der Waals surface area contributed by atoms with E-state index in [2.05, 4.69) is 10.3 Å². The molecular formula is C16H19N3O3S. The molecule has 1 aromatic heterocycles. The molecule has 0 aliphatic rings. The fourth-order valence-corrected chi connectivity index (χ4v) is 3.06. The molecule has 0 saturated carbocycles. The van der Waals surface area contributed by atoms with Crippen molar-refractivity contribution in [1.82, 2.24) is 4.98 Å². The molecule has 0 bridgehead atoms. The van der Waals surface area contributed by atoms with Crippen LogP contribution in [0.1, 0.15) is 11.1 Å². The summed E-state index contributed by atoms with van der Waals surface area (Å²) in [5.41, 5.74) is 2.22. The molecule has 0 radical (unpaired) electrons. The van der Waals surface area contributed by atoms with Crippen LogP contribution in [0, 0.1) is 13.8 Å². The van der Waals surface area contributed by atoms with Crippen LogP contribution in [0.25, 0.3) is 0 Å². The molecule has 1 heterocycles. The Hall–Kier alpha value is -2.41. The average Bonchev–Trinajstić information content (AvgIpc) is 2.44. The number of para-hydroxylation sites is 1. The first-order valence-electron chi connectivity index (χ1n) is 7.03. The summed E-state index contributed by atoms with van der Waals surface area (Å²) >= 11 is 0. The number of rotatable bonds is 5. The topological polar surface area (TPSA) is 79.4 Å². The van der Waals surface area contributed by atoms with E-state index in [1.807, 2.05) is 19.1 Å². The van der Waals surface area contributed by atoms with Gasteiger partial charge in [-0.25, -0.2) is 13.4 Å². The van der Waals surface area contributed by atoms with Gasteiger partial charge in [-0.15, -0.1) is 0 Å². The number of nitrogens with one attached hydrogen (secondary N) is 1. The Labute approximate surface area is 136 Å². The number of anilines is 2. The molecule has 2 aromatic rings. The monoisotopic (exact) mass is 333 g/mol. The number of amides is 1. The Kier molecular flexibility index (Phi) is 5.00. The summed E-state index contributed by atoms with van der Waals surface area (Å²) in [7, 11) is -3.58. The predicted molar refractivity (Wildman–Crippen MR) is 91.0 cm³/mol. The maximum absolute atomic E-state index is 12.2. The number of pyridine rings is 1. The van der Waals surface area contributed by atoms with E-state index in [-0.39, 0.29) is 6.54 Å². The van der Waals surface area contributed by atoms with Gasteiger partial charge in [-0.1, -0.05) is 18.2 Å². The van der Waals surface area contributed by atoms with Crippen LogP contribution in [0.4, 0.5) is 11.5 Å². The maximum atomic E-state index is 12.2. The predicted octanol–water partition coefficient (Wildman–Crippen LogP) is 2.10. The number of aryl methyl sites for hydroxylation is 2. The van der Waals surface area contributed by atoms with Crippen molar-refractivity contribution in [2.45, 2.75) is 13.8 Å². The van der Waals surface area contributed by atoms with Gasteiger partial charge in [0.1, 0.15) is 12.4 Å². The minimum absolute atomic E-state index is 0.306. The summed E-state index contributed by atoms with van der Waals surface area (Å²) < 4.78 is 25.2. The van der Waals surface area contributed by atoms with Crippen molar-refractivity contribution in [2.24, 2.45) is 0 Å². The number of benzene rings is 1. The van der Waals surface area contributed by atoms with E-state index < -0.39 is 15.9 Å². The van der Waals surface area contributed by atoms with Crippen LogP contribution >= 0.6 is 0 Å². The summed E-state index contributed by atoms with van der Waals surface area (Å²) in [4.78, 5) is 16.2. The highest BCUT2D eigenvalue weighted by Gasteiger charge is 2.22.